The fraction of sp³-hybridized carbons (Fsp3) is 0. The molecule has 0 radical (unpaired) electrons. The van der Waals surface area contributed by atoms with Crippen molar-refractivity contribution in [3.05, 3.63) is 152 Å². The summed E-state index contributed by atoms with van der Waals surface area (Å²) in [6.45, 7) is 0. The highest BCUT2D eigenvalue weighted by Gasteiger charge is 2.19. The zero-order valence-corrected chi connectivity index (χ0v) is 23.7. The van der Waals surface area contributed by atoms with E-state index in [4.69, 9.17) is 4.98 Å². The van der Waals surface area contributed by atoms with Gasteiger partial charge in [-0.3, -0.25) is 9.97 Å². The second-order valence-corrected chi connectivity index (χ2v) is 11.0. The van der Waals surface area contributed by atoms with Crippen molar-refractivity contribution in [3.8, 4) is 33.6 Å². The van der Waals surface area contributed by atoms with E-state index >= 15 is 0 Å². The van der Waals surface area contributed by atoms with Crippen molar-refractivity contribution in [1.82, 2.24) is 24.1 Å². The summed E-state index contributed by atoms with van der Waals surface area (Å²) >= 11 is 0. The van der Waals surface area contributed by atoms with E-state index in [1.54, 1.807) is 0 Å². The van der Waals surface area contributed by atoms with Crippen molar-refractivity contribution >= 4 is 43.9 Å². The zero-order valence-electron chi connectivity index (χ0n) is 23.7. The van der Waals surface area contributed by atoms with Crippen LogP contribution in [-0.4, -0.2) is 24.1 Å². The predicted molar refractivity (Wildman–Crippen MR) is 179 cm³/mol. The summed E-state index contributed by atoms with van der Waals surface area (Å²) in [4.78, 5) is 13.7. The minimum absolute atomic E-state index is 1.00. The lowest BCUT2D eigenvalue weighted by Gasteiger charge is -2.11. The topological polar surface area (TPSA) is 48.5 Å². The Balaban J connectivity index is 1.29. The third-order valence-corrected chi connectivity index (χ3v) is 8.54. The van der Waals surface area contributed by atoms with Gasteiger partial charge in [0.25, 0.3) is 0 Å². The molecule has 0 spiro atoms. The molecule has 0 aliphatic rings. The van der Waals surface area contributed by atoms with Crippen LogP contribution in [0.5, 0.6) is 0 Å². The largest absolute Gasteiger partial charge is 0.308 e. The number of hydrogen-bond acceptors (Lipinski definition) is 3. The summed E-state index contributed by atoms with van der Waals surface area (Å²) < 4.78 is 4.67. The molecular formula is C39H25N5. The highest BCUT2D eigenvalue weighted by atomic mass is 15.0. The summed E-state index contributed by atoms with van der Waals surface area (Å²) in [5.74, 6) is 0. The van der Waals surface area contributed by atoms with Crippen molar-refractivity contribution in [2.45, 2.75) is 0 Å². The lowest BCUT2D eigenvalue weighted by molar-refractivity contribution is 1.16. The first-order chi connectivity index (χ1) is 21.8. The lowest BCUT2D eigenvalue weighted by Crippen LogP contribution is -1.96. The van der Waals surface area contributed by atoms with E-state index in [1.165, 1.54) is 0 Å². The van der Waals surface area contributed by atoms with Gasteiger partial charge in [-0.1, -0.05) is 60.7 Å². The molecule has 0 saturated carbocycles. The SMILES string of the molecule is c1ccc2c(c1)c1nc3c4ccccc4n(-c4ccc(-c5ccncc5)cc4)c3cc1n2-c1ccc(-c2ccncc2)cc1. The molecule has 0 amide bonds. The standard InChI is InChI=1S/C39H25N5/c1-3-7-34-32(5-1)38-36(43(34)30-13-9-26(10-14-30)28-17-21-40-22-18-28)25-37-39(42-38)33-6-2-4-8-35(33)44(37)31-15-11-27(12-16-31)29-19-23-41-24-20-29/h1-25H. The maximum atomic E-state index is 5.40. The first-order valence-corrected chi connectivity index (χ1v) is 14.7. The van der Waals surface area contributed by atoms with E-state index in [0.29, 0.717) is 0 Å². The molecule has 0 saturated heterocycles. The monoisotopic (exact) mass is 563 g/mol. The number of para-hydroxylation sites is 2. The third-order valence-electron chi connectivity index (χ3n) is 8.54. The molecule has 0 aliphatic heterocycles. The zero-order chi connectivity index (χ0) is 29.0. The number of pyridine rings is 3. The lowest BCUT2D eigenvalue weighted by atomic mass is 10.1. The molecule has 0 atom stereocenters. The molecule has 4 aromatic carbocycles. The van der Waals surface area contributed by atoms with E-state index in [1.807, 2.05) is 49.1 Å². The van der Waals surface area contributed by atoms with Gasteiger partial charge >= 0.3 is 0 Å². The molecular weight excluding hydrogens is 538 g/mol. The fourth-order valence-electron chi connectivity index (χ4n) is 6.48. The molecule has 0 aliphatic carbocycles. The van der Waals surface area contributed by atoms with Crippen LogP contribution in [0.25, 0.3) is 77.5 Å². The van der Waals surface area contributed by atoms with Crippen molar-refractivity contribution in [3.63, 3.8) is 0 Å². The van der Waals surface area contributed by atoms with Crippen molar-refractivity contribution in [2.24, 2.45) is 0 Å². The first kappa shape index (κ1) is 24.5. The van der Waals surface area contributed by atoms with Gasteiger partial charge in [0.15, 0.2) is 0 Å². The summed E-state index contributed by atoms with van der Waals surface area (Å²) in [6.07, 6.45) is 7.33. The fourth-order valence-corrected chi connectivity index (χ4v) is 6.48. The van der Waals surface area contributed by atoms with E-state index in [0.717, 1.165) is 77.5 Å². The van der Waals surface area contributed by atoms with Gasteiger partial charge in [0, 0.05) is 46.9 Å². The molecule has 44 heavy (non-hydrogen) atoms. The number of hydrogen-bond donors (Lipinski definition) is 0. The number of aromatic nitrogens is 5. The van der Waals surface area contributed by atoms with Crippen LogP contribution in [0.4, 0.5) is 0 Å². The average Bonchev–Trinajstić information content (AvgIpc) is 3.60. The van der Waals surface area contributed by atoms with Crippen molar-refractivity contribution in [1.29, 1.82) is 0 Å². The van der Waals surface area contributed by atoms with Crippen LogP contribution in [0.1, 0.15) is 0 Å². The number of nitrogens with zero attached hydrogens (tertiary/aromatic N) is 5. The second-order valence-electron chi connectivity index (χ2n) is 11.0. The normalized spacial score (nSPS) is 11.6. The molecule has 0 fully saturated rings. The molecule has 0 bridgehead atoms. The van der Waals surface area contributed by atoms with E-state index in [9.17, 15) is 0 Å². The minimum atomic E-state index is 1.00. The van der Waals surface area contributed by atoms with Crippen LogP contribution in [0.3, 0.4) is 0 Å². The van der Waals surface area contributed by atoms with Crippen molar-refractivity contribution in [2.75, 3.05) is 0 Å². The molecule has 0 N–H and O–H groups in total. The van der Waals surface area contributed by atoms with Gasteiger partial charge in [-0.05, 0) is 89.0 Å². The Morgan fingerprint density at radius 3 is 1.18 bits per heavy atom. The minimum Gasteiger partial charge on any atom is -0.308 e. The smallest absolute Gasteiger partial charge is 0.0972 e. The van der Waals surface area contributed by atoms with Crippen LogP contribution in [0.2, 0.25) is 0 Å². The van der Waals surface area contributed by atoms with Crippen LogP contribution < -0.4 is 0 Å². The summed E-state index contributed by atoms with van der Waals surface area (Å²) in [7, 11) is 0. The van der Waals surface area contributed by atoms with Crippen LogP contribution in [0.15, 0.2) is 152 Å². The highest BCUT2D eigenvalue weighted by molar-refractivity contribution is 6.15. The van der Waals surface area contributed by atoms with Gasteiger partial charge in [0.1, 0.15) is 0 Å². The van der Waals surface area contributed by atoms with Gasteiger partial charge in [-0.2, -0.15) is 0 Å². The van der Waals surface area contributed by atoms with Crippen molar-refractivity contribution < 1.29 is 0 Å². The van der Waals surface area contributed by atoms with Gasteiger partial charge in [0.05, 0.1) is 33.1 Å². The summed E-state index contributed by atoms with van der Waals surface area (Å²) in [5.41, 5.74) is 13.2. The van der Waals surface area contributed by atoms with E-state index in [2.05, 4.69) is 122 Å². The third kappa shape index (κ3) is 3.76. The Labute approximate surface area is 253 Å². The van der Waals surface area contributed by atoms with Gasteiger partial charge in [-0.15, -0.1) is 0 Å². The molecule has 5 heteroatoms. The van der Waals surface area contributed by atoms with Crippen LogP contribution >= 0.6 is 0 Å². The molecule has 0 unspecified atom stereocenters. The number of rotatable bonds is 4. The Bertz CT molecular complexity index is 2280. The Morgan fingerprint density at radius 2 is 0.750 bits per heavy atom. The first-order valence-electron chi connectivity index (χ1n) is 14.7. The van der Waals surface area contributed by atoms with E-state index < -0.39 is 0 Å². The van der Waals surface area contributed by atoms with Crippen LogP contribution in [-0.2, 0) is 0 Å². The molecule has 9 aromatic rings. The Kier molecular flexibility index (Phi) is 5.43. The number of benzene rings is 4. The Hall–Kier alpha value is -6.07. The number of fused-ring (bicyclic) bond motifs is 6. The quantitative estimate of drug-likeness (QED) is 0.214. The molecule has 5 nitrogen and oxygen atoms in total. The highest BCUT2D eigenvalue weighted by Crippen LogP contribution is 2.38. The molecule has 5 heterocycles. The predicted octanol–water partition coefficient (Wildman–Crippen LogP) is 9.40. The maximum Gasteiger partial charge on any atom is 0.0972 e. The van der Waals surface area contributed by atoms with E-state index in [-0.39, 0.29) is 0 Å². The molecule has 206 valence electrons. The van der Waals surface area contributed by atoms with Gasteiger partial charge in [0.2, 0.25) is 0 Å². The average molecular weight is 564 g/mol. The maximum absolute atomic E-state index is 5.40. The summed E-state index contributed by atoms with van der Waals surface area (Å²) in [6, 6.07) is 45.1. The molecule has 9 rings (SSSR count). The Morgan fingerprint density at radius 1 is 0.364 bits per heavy atom. The summed E-state index contributed by atoms with van der Waals surface area (Å²) in [5, 5.41) is 2.28. The molecule has 5 aromatic heterocycles. The van der Waals surface area contributed by atoms with Crippen LogP contribution in [0, 0.1) is 0 Å². The van der Waals surface area contributed by atoms with Gasteiger partial charge in [-0.25, -0.2) is 4.98 Å². The second kappa shape index (κ2) is 9.75. The van der Waals surface area contributed by atoms with Gasteiger partial charge < -0.3 is 9.13 Å².